The van der Waals surface area contributed by atoms with Crippen LogP contribution in [0.4, 0.5) is 0 Å². The van der Waals surface area contributed by atoms with Crippen molar-refractivity contribution in [2.75, 3.05) is 0 Å². The first kappa shape index (κ1) is 76.0. The minimum absolute atomic E-state index is 0. The molecule has 0 spiro atoms. The number of aliphatic carboxylic acids is 2. The molecule has 2 atom stereocenters. The summed E-state index contributed by atoms with van der Waals surface area (Å²) in [6, 6.07) is 0. The molecule has 0 heterocycles. The fraction of sp³-hybridized carbons (Fsp3) is 0.909. The zero-order valence-electron chi connectivity index (χ0n) is 42.5. The van der Waals surface area contributed by atoms with E-state index >= 15 is 0 Å². The third-order valence-corrected chi connectivity index (χ3v) is 19.8. The third-order valence-electron chi connectivity index (χ3n) is 12.4. The average Bonchev–Trinajstić information content (AvgIpc) is 3.20. The van der Waals surface area contributed by atoms with Crippen LogP contribution in [-0.2, 0) is 59.7 Å². The standard InChI is InChI=1S/2C22H43NO9S2.2Na/c2*1-2-3-4-5-6-7-8-9-10-11-12-13-14-15-16-17-18-19(20(23)24)22(21(25)26,33(27,28)29)34(30,31)32;;/h2*19H,2-18H2,1H3,(H2,23,24)(H,25,26)(H,27,28,29)(H,30,31,32);;/q;;2*+1/p-2. The predicted octanol–water partition coefficient (Wildman–Crippen LogP) is -0.0694. The van der Waals surface area contributed by atoms with Gasteiger partial charge in [-0.2, -0.15) is 33.7 Å². The fourth-order valence-electron chi connectivity index (χ4n) is 8.52. The average molecular weight is 1100 g/mol. The Kier molecular flexibility index (Phi) is 44.3. The van der Waals surface area contributed by atoms with Gasteiger partial charge in [-0.3, -0.25) is 27.8 Å². The van der Waals surface area contributed by atoms with Gasteiger partial charge in [0.15, 0.2) is 0 Å². The van der Waals surface area contributed by atoms with Crippen LogP contribution < -0.4 is 80.8 Å². The molecule has 8 N–H and O–H groups in total. The largest absolute Gasteiger partial charge is 1.00 e. The quantitative estimate of drug-likeness (QED) is 0.0264. The molecule has 0 fully saturated rings. The minimum atomic E-state index is -6.00. The molecule has 0 aromatic carbocycles. The van der Waals surface area contributed by atoms with Gasteiger partial charge in [0.1, 0.15) is 0 Å². The summed E-state index contributed by atoms with van der Waals surface area (Å²) in [5, 5.41) is 22.9. The van der Waals surface area contributed by atoms with Crippen LogP contribution in [0.1, 0.15) is 232 Å². The summed E-state index contributed by atoms with van der Waals surface area (Å²) in [5.41, 5.74) is 10.1. The minimum Gasteiger partial charge on any atom is -0.547 e. The summed E-state index contributed by atoms with van der Waals surface area (Å²) in [5.74, 6) is -13.7. The van der Waals surface area contributed by atoms with Crippen molar-refractivity contribution in [2.24, 2.45) is 23.3 Å². The van der Waals surface area contributed by atoms with E-state index in [1.54, 1.807) is 0 Å². The maximum Gasteiger partial charge on any atom is 1.00 e. The normalized spacial score (nSPS) is 13.2. The molecule has 0 aromatic rings. The van der Waals surface area contributed by atoms with Crippen LogP contribution in [0.25, 0.3) is 0 Å². The molecule has 0 saturated carbocycles. The predicted molar refractivity (Wildman–Crippen MR) is 255 cm³/mol. The Morgan fingerprint density at radius 2 is 0.500 bits per heavy atom. The number of unbranched alkanes of at least 4 members (excludes halogenated alkanes) is 30. The molecule has 26 heteroatoms. The number of carboxylic acids is 2. The van der Waals surface area contributed by atoms with E-state index in [-0.39, 0.29) is 72.0 Å². The molecule has 0 rings (SSSR count). The van der Waals surface area contributed by atoms with Gasteiger partial charge in [-0.05, 0) is 12.8 Å². The van der Waals surface area contributed by atoms with Crippen LogP contribution in [0.2, 0.25) is 0 Å². The molecule has 0 aliphatic rings. The number of carbonyl (C=O) groups is 4. The zero-order chi connectivity index (χ0) is 52.5. The molecule has 2 unspecified atom stereocenters. The summed E-state index contributed by atoms with van der Waals surface area (Å²) >= 11 is 0. The monoisotopic (exact) mass is 1100 g/mol. The first-order chi connectivity index (χ1) is 31.7. The van der Waals surface area contributed by atoms with Crippen LogP contribution in [-0.4, -0.2) is 83.8 Å². The van der Waals surface area contributed by atoms with E-state index in [0.717, 1.165) is 51.4 Å². The van der Waals surface area contributed by atoms with Crippen molar-refractivity contribution >= 4 is 64.2 Å². The second-order valence-corrected chi connectivity index (χ2v) is 24.8. The van der Waals surface area contributed by atoms with Gasteiger partial charge >= 0.3 is 59.1 Å². The second-order valence-electron chi connectivity index (χ2n) is 17.9. The van der Waals surface area contributed by atoms with Crippen molar-refractivity contribution in [3.63, 3.8) is 0 Å². The molecule has 2 amide bonds. The van der Waals surface area contributed by atoms with Gasteiger partial charge in [-0.1, -0.05) is 219 Å². The van der Waals surface area contributed by atoms with Crippen molar-refractivity contribution in [2.45, 2.75) is 240 Å². The summed E-state index contributed by atoms with van der Waals surface area (Å²) < 4.78 is 122. The Morgan fingerprint density at radius 3 is 0.614 bits per heavy atom. The van der Waals surface area contributed by atoms with Crippen molar-refractivity contribution in [3.8, 4) is 0 Å². The molecule has 70 heavy (non-hydrogen) atoms. The maximum absolute atomic E-state index is 11.7. The van der Waals surface area contributed by atoms with E-state index in [1.165, 1.54) is 116 Å². The van der Waals surface area contributed by atoms with Crippen LogP contribution in [0, 0.1) is 11.8 Å². The van der Waals surface area contributed by atoms with E-state index in [4.69, 9.17) is 11.5 Å². The zero-order valence-corrected chi connectivity index (χ0v) is 49.8. The summed E-state index contributed by atoms with van der Waals surface area (Å²) in [6.45, 7) is 4.42. The Morgan fingerprint density at radius 1 is 0.357 bits per heavy atom. The van der Waals surface area contributed by atoms with Gasteiger partial charge in [0.2, 0.25) is 11.8 Å². The first-order valence-corrected chi connectivity index (χ1v) is 30.3. The van der Waals surface area contributed by atoms with Crippen LogP contribution >= 0.6 is 0 Å². The number of primary amides is 2. The SMILES string of the molecule is CCCCCCCCCCCCCCCCCCC(C(N)=O)C(C(=O)[O-])(S(=O)(=O)O)S(=O)(=O)O.CCCCCCCCCCCCCCCCCCC(C(N)=O)C(C(=O)[O-])(S(=O)(=O)O)S(=O)(=O)O.[Na+].[Na+]. The Bertz CT molecular complexity index is 1710. The van der Waals surface area contributed by atoms with E-state index in [2.05, 4.69) is 13.8 Å². The number of nitrogens with two attached hydrogens (primary N) is 2. The molecule has 0 aromatic heterocycles. The second kappa shape index (κ2) is 40.8. The number of rotatable bonds is 44. The van der Waals surface area contributed by atoms with Gasteiger partial charge in [0.05, 0.1) is 23.8 Å². The van der Waals surface area contributed by atoms with E-state index in [1.807, 2.05) is 0 Å². The molecular weight excluding hydrogens is 1020 g/mol. The Hall–Kier alpha value is -0.480. The van der Waals surface area contributed by atoms with Crippen LogP contribution in [0.5, 0.6) is 0 Å². The first-order valence-electron chi connectivity index (χ1n) is 24.6. The topological polar surface area (TPSA) is 384 Å². The summed E-state index contributed by atoms with van der Waals surface area (Å²) in [4.78, 5) is 46.3. The number of carboxylic acid groups (broad SMARTS) is 2. The molecule has 0 aliphatic carbocycles. The Balaban J connectivity index is -0.000000605. The van der Waals surface area contributed by atoms with Gasteiger partial charge in [-0.25, -0.2) is 0 Å². The summed E-state index contributed by atoms with van der Waals surface area (Å²) in [7, 11) is -24.0. The fourth-order valence-corrected chi connectivity index (χ4v) is 13.9. The van der Waals surface area contributed by atoms with Crippen molar-refractivity contribution in [3.05, 3.63) is 0 Å². The molecule has 0 aliphatic heterocycles. The van der Waals surface area contributed by atoms with Crippen molar-refractivity contribution in [1.82, 2.24) is 0 Å². The van der Waals surface area contributed by atoms with Gasteiger partial charge in [-0.15, -0.1) is 0 Å². The van der Waals surface area contributed by atoms with Crippen LogP contribution in [0.15, 0.2) is 0 Å². The number of hydrogen-bond acceptors (Lipinski definition) is 14. The van der Waals surface area contributed by atoms with E-state index < -0.39 is 97.1 Å². The van der Waals surface area contributed by atoms with Gasteiger partial charge < -0.3 is 31.3 Å². The van der Waals surface area contributed by atoms with E-state index in [0.29, 0.717) is 25.7 Å². The van der Waals surface area contributed by atoms with Crippen molar-refractivity contribution < 1.29 is 140 Å². The molecule has 0 saturated heterocycles. The molecule has 20 nitrogen and oxygen atoms in total. The molecule has 0 bridgehead atoms. The third kappa shape index (κ3) is 27.9. The van der Waals surface area contributed by atoms with E-state index in [9.17, 15) is 81.3 Å². The Labute approximate surface area is 464 Å². The smallest absolute Gasteiger partial charge is 0.547 e. The van der Waals surface area contributed by atoms with Crippen LogP contribution in [0.3, 0.4) is 0 Å². The molecule has 0 radical (unpaired) electrons. The van der Waals surface area contributed by atoms with Crippen molar-refractivity contribution in [1.29, 1.82) is 0 Å². The number of carbonyl (C=O) groups excluding carboxylic acids is 4. The number of amides is 2. The number of hydrogen-bond donors (Lipinski definition) is 6. The van der Waals surface area contributed by atoms with Gasteiger partial charge in [0.25, 0.3) is 48.6 Å². The van der Waals surface area contributed by atoms with Gasteiger partial charge in [0, 0.05) is 0 Å². The summed E-state index contributed by atoms with van der Waals surface area (Å²) in [6.07, 6.45) is 32.7. The maximum atomic E-state index is 11.7. The molecular formula is C44H84N2Na2O18S4. The molecule has 404 valence electrons.